The first-order valence-corrected chi connectivity index (χ1v) is 7.39. The minimum absolute atomic E-state index is 0.101. The fourth-order valence-corrected chi connectivity index (χ4v) is 2.78. The SMILES string of the molecule is NNc1ncc([N+](=O)[O-])c(N(Cc2ccsc2)C2CC2)n1. The lowest BCUT2D eigenvalue weighted by Crippen LogP contribution is -2.27. The largest absolute Gasteiger partial charge is 0.343 e. The molecule has 2 aromatic rings. The molecule has 0 amide bonds. The predicted octanol–water partition coefficient (Wildman–Crippen LogP) is 1.90. The van der Waals surface area contributed by atoms with E-state index in [4.69, 9.17) is 5.84 Å². The van der Waals surface area contributed by atoms with Crippen LogP contribution in [0, 0.1) is 10.1 Å². The maximum Gasteiger partial charge on any atom is 0.329 e. The Morgan fingerprint density at radius 1 is 1.57 bits per heavy atom. The molecule has 0 spiro atoms. The van der Waals surface area contributed by atoms with Gasteiger partial charge in [0, 0.05) is 12.6 Å². The summed E-state index contributed by atoms with van der Waals surface area (Å²) in [5.41, 5.74) is 3.35. The molecule has 9 heteroatoms. The number of aromatic nitrogens is 2. The van der Waals surface area contributed by atoms with Crippen molar-refractivity contribution in [1.82, 2.24) is 9.97 Å². The van der Waals surface area contributed by atoms with Gasteiger partial charge >= 0.3 is 5.69 Å². The molecule has 0 radical (unpaired) electrons. The number of hydrogen-bond acceptors (Lipinski definition) is 8. The summed E-state index contributed by atoms with van der Waals surface area (Å²) in [4.78, 5) is 20.7. The minimum Gasteiger partial charge on any atom is -0.343 e. The Balaban J connectivity index is 1.99. The highest BCUT2D eigenvalue weighted by atomic mass is 32.1. The Labute approximate surface area is 124 Å². The summed E-state index contributed by atoms with van der Waals surface area (Å²) in [6.07, 6.45) is 3.22. The highest BCUT2D eigenvalue weighted by Crippen LogP contribution is 2.37. The van der Waals surface area contributed by atoms with E-state index < -0.39 is 4.92 Å². The molecule has 3 N–H and O–H groups in total. The van der Waals surface area contributed by atoms with E-state index in [0.717, 1.165) is 18.4 Å². The van der Waals surface area contributed by atoms with E-state index in [-0.39, 0.29) is 17.7 Å². The van der Waals surface area contributed by atoms with Crippen molar-refractivity contribution < 1.29 is 4.92 Å². The molecular weight excluding hydrogens is 292 g/mol. The Morgan fingerprint density at radius 2 is 2.38 bits per heavy atom. The van der Waals surface area contributed by atoms with Crippen LogP contribution in [0.25, 0.3) is 0 Å². The van der Waals surface area contributed by atoms with Crippen LogP contribution < -0.4 is 16.2 Å². The first kappa shape index (κ1) is 13.7. The molecule has 1 fully saturated rings. The Bertz CT molecular complexity index is 643. The quantitative estimate of drug-likeness (QED) is 0.476. The van der Waals surface area contributed by atoms with E-state index in [2.05, 4.69) is 15.4 Å². The maximum atomic E-state index is 11.2. The van der Waals surface area contributed by atoms with E-state index in [1.165, 1.54) is 6.20 Å². The van der Waals surface area contributed by atoms with Crippen LogP contribution in [0.3, 0.4) is 0 Å². The third-order valence-electron chi connectivity index (χ3n) is 3.27. The average molecular weight is 306 g/mol. The van der Waals surface area contributed by atoms with E-state index in [1.807, 2.05) is 21.7 Å². The topological polar surface area (TPSA) is 110 Å². The number of nitrogens with zero attached hydrogens (tertiary/aromatic N) is 4. The molecule has 8 nitrogen and oxygen atoms in total. The zero-order valence-corrected chi connectivity index (χ0v) is 11.9. The van der Waals surface area contributed by atoms with E-state index in [9.17, 15) is 10.1 Å². The molecule has 0 aromatic carbocycles. The van der Waals surface area contributed by atoms with Gasteiger partial charge in [-0.15, -0.1) is 0 Å². The zero-order valence-electron chi connectivity index (χ0n) is 11.1. The number of nitrogens with one attached hydrogen (secondary N) is 1. The van der Waals surface area contributed by atoms with Gasteiger partial charge in [0.1, 0.15) is 6.20 Å². The predicted molar refractivity (Wildman–Crippen MR) is 80.0 cm³/mol. The van der Waals surface area contributed by atoms with Crippen LogP contribution in [0.5, 0.6) is 0 Å². The molecule has 1 aliphatic rings. The lowest BCUT2D eigenvalue weighted by Gasteiger charge is -2.22. The van der Waals surface area contributed by atoms with Crippen LogP contribution in [0.2, 0.25) is 0 Å². The first-order chi connectivity index (χ1) is 10.2. The van der Waals surface area contributed by atoms with Crippen molar-refractivity contribution in [3.63, 3.8) is 0 Å². The third-order valence-corrected chi connectivity index (χ3v) is 4.00. The Morgan fingerprint density at radius 3 is 2.95 bits per heavy atom. The van der Waals surface area contributed by atoms with Gasteiger partial charge in [0.25, 0.3) is 0 Å². The summed E-state index contributed by atoms with van der Waals surface area (Å²) in [5.74, 6) is 5.80. The number of anilines is 2. The summed E-state index contributed by atoms with van der Waals surface area (Å²) in [7, 11) is 0. The van der Waals surface area contributed by atoms with E-state index in [0.29, 0.717) is 12.4 Å². The van der Waals surface area contributed by atoms with Gasteiger partial charge in [0.05, 0.1) is 4.92 Å². The highest BCUT2D eigenvalue weighted by molar-refractivity contribution is 7.07. The van der Waals surface area contributed by atoms with Crippen molar-refractivity contribution in [2.75, 3.05) is 10.3 Å². The van der Waals surface area contributed by atoms with Crippen molar-refractivity contribution in [3.8, 4) is 0 Å². The normalized spacial score (nSPS) is 14.0. The summed E-state index contributed by atoms with van der Waals surface area (Å²) in [5, 5.41) is 15.2. The molecule has 0 bridgehead atoms. The summed E-state index contributed by atoms with van der Waals surface area (Å²) < 4.78 is 0. The number of nitro groups is 1. The number of rotatable bonds is 6. The Kier molecular flexibility index (Phi) is 3.67. The molecule has 0 aliphatic heterocycles. The summed E-state index contributed by atoms with van der Waals surface area (Å²) in [6, 6.07) is 2.29. The second kappa shape index (κ2) is 5.62. The van der Waals surface area contributed by atoms with Crippen LogP contribution >= 0.6 is 11.3 Å². The molecule has 1 saturated carbocycles. The van der Waals surface area contributed by atoms with Crippen molar-refractivity contribution in [1.29, 1.82) is 0 Å². The number of nitrogens with two attached hydrogens (primary N) is 1. The van der Waals surface area contributed by atoms with Crippen molar-refractivity contribution >= 4 is 28.8 Å². The Hall–Kier alpha value is -2.26. The average Bonchev–Trinajstić information content (AvgIpc) is 3.20. The zero-order chi connectivity index (χ0) is 14.8. The third kappa shape index (κ3) is 2.93. The van der Waals surface area contributed by atoms with Gasteiger partial charge in [-0.3, -0.25) is 15.5 Å². The van der Waals surface area contributed by atoms with Crippen molar-refractivity contribution in [3.05, 3.63) is 38.7 Å². The standard InChI is InChI=1S/C12H14N6O2S/c13-16-12-14-5-10(18(19)20)11(15-12)17(9-1-2-9)6-8-3-4-21-7-8/h3-5,7,9H,1-2,6,13H2,(H,14,15,16). The second-order valence-corrected chi connectivity index (χ2v) is 5.57. The van der Waals surface area contributed by atoms with Crippen LogP contribution in [-0.2, 0) is 6.54 Å². The fraction of sp³-hybridized carbons (Fsp3) is 0.333. The number of hydrogen-bond donors (Lipinski definition) is 2. The van der Waals surface area contributed by atoms with Gasteiger partial charge in [-0.25, -0.2) is 10.8 Å². The molecule has 0 saturated heterocycles. The van der Waals surface area contributed by atoms with Gasteiger partial charge in [-0.1, -0.05) is 0 Å². The fourth-order valence-electron chi connectivity index (χ4n) is 2.12. The van der Waals surface area contributed by atoms with Gasteiger partial charge in [0.15, 0.2) is 0 Å². The monoisotopic (exact) mass is 306 g/mol. The van der Waals surface area contributed by atoms with Gasteiger partial charge in [-0.05, 0) is 35.2 Å². The number of thiophene rings is 1. The molecular formula is C12H14N6O2S. The molecule has 1 aliphatic carbocycles. The van der Waals surface area contributed by atoms with Crippen LogP contribution in [0.4, 0.5) is 17.5 Å². The highest BCUT2D eigenvalue weighted by Gasteiger charge is 2.34. The smallest absolute Gasteiger partial charge is 0.329 e. The molecule has 3 rings (SSSR count). The molecule has 2 heterocycles. The van der Waals surface area contributed by atoms with Gasteiger partial charge in [-0.2, -0.15) is 16.3 Å². The summed E-state index contributed by atoms with van der Waals surface area (Å²) in [6.45, 7) is 0.593. The molecule has 0 unspecified atom stereocenters. The minimum atomic E-state index is -0.460. The lowest BCUT2D eigenvalue weighted by atomic mass is 10.3. The molecule has 110 valence electrons. The lowest BCUT2D eigenvalue weighted by molar-refractivity contribution is -0.384. The van der Waals surface area contributed by atoms with E-state index in [1.54, 1.807) is 11.3 Å². The summed E-state index contributed by atoms with van der Waals surface area (Å²) >= 11 is 1.60. The van der Waals surface area contributed by atoms with Crippen LogP contribution in [-0.4, -0.2) is 20.9 Å². The second-order valence-electron chi connectivity index (χ2n) is 4.79. The van der Waals surface area contributed by atoms with Gasteiger partial charge in [0.2, 0.25) is 11.8 Å². The van der Waals surface area contributed by atoms with Crippen molar-refractivity contribution in [2.24, 2.45) is 5.84 Å². The maximum absolute atomic E-state index is 11.2. The molecule has 2 aromatic heterocycles. The number of nitrogen functional groups attached to an aromatic ring is 1. The van der Waals surface area contributed by atoms with Crippen molar-refractivity contribution in [2.45, 2.75) is 25.4 Å². The van der Waals surface area contributed by atoms with Crippen LogP contribution in [0.1, 0.15) is 18.4 Å². The first-order valence-electron chi connectivity index (χ1n) is 6.45. The molecule has 21 heavy (non-hydrogen) atoms. The van der Waals surface area contributed by atoms with E-state index >= 15 is 0 Å². The van der Waals surface area contributed by atoms with Gasteiger partial charge < -0.3 is 4.90 Å². The van der Waals surface area contributed by atoms with Crippen LogP contribution in [0.15, 0.2) is 23.0 Å². The molecule has 0 atom stereocenters. The number of hydrazine groups is 1.